The number of anilines is 1. The van der Waals surface area contributed by atoms with E-state index in [1.165, 1.54) is 19.6 Å². The number of esters is 2. The first-order valence-electron chi connectivity index (χ1n) is 11.1. The van der Waals surface area contributed by atoms with Crippen LogP contribution in [0.4, 0.5) is 5.69 Å². The van der Waals surface area contributed by atoms with Crippen molar-refractivity contribution in [2.45, 2.75) is 50.2 Å². The molecule has 7 aliphatic rings. The molecule has 0 aromatic heterocycles. The van der Waals surface area contributed by atoms with Crippen molar-refractivity contribution in [3.05, 3.63) is 41.5 Å². The molecular weight excluding hydrogens is 396 g/mol. The minimum atomic E-state index is -1.16. The molecule has 164 valence electrons. The molecule has 0 radical (unpaired) electrons. The molecule has 7 nitrogen and oxygen atoms in total. The number of likely N-dealkylation sites (N-methyl/N-ethyl adjacent to an activating group) is 1. The van der Waals surface area contributed by atoms with Gasteiger partial charge >= 0.3 is 11.9 Å². The van der Waals surface area contributed by atoms with Gasteiger partial charge in [0, 0.05) is 38.7 Å². The van der Waals surface area contributed by atoms with Gasteiger partial charge in [0.2, 0.25) is 6.29 Å². The van der Waals surface area contributed by atoms with Gasteiger partial charge in [0.1, 0.15) is 17.2 Å². The maximum Gasteiger partial charge on any atom is 0.319 e. The normalized spacial score (nSPS) is 44.8. The van der Waals surface area contributed by atoms with Crippen LogP contribution < -0.4 is 4.90 Å². The van der Waals surface area contributed by atoms with Crippen LogP contribution in [0.25, 0.3) is 0 Å². The lowest BCUT2D eigenvalue weighted by molar-refractivity contribution is -0.334. The van der Waals surface area contributed by atoms with Gasteiger partial charge in [-0.15, -0.1) is 0 Å². The Morgan fingerprint density at radius 2 is 2.06 bits per heavy atom. The van der Waals surface area contributed by atoms with Crippen molar-refractivity contribution in [2.75, 3.05) is 32.1 Å². The van der Waals surface area contributed by atoms with Crippen molar-refractivity contribution in [1.82, 2.24) is 4.90 Å². The summed E-state index contributed by atoms with van der Waals surface area (Å²) in [5.74, 6) is -0.914. The summed E-state index contributed by atoms with van der Waals surface area (Å²) in [7, 11) is 3.55. The Balaban J connectivity index is 1.77. The molecule has 6 bridgehead atoms. The number of fused-ring (bicyclic) bond motifs is 3. The third kappa shape index (κ3) is 1.72. The molecular formula is C24H28N2O5. The highest BCUT2D eigenvalue weighted by molar-refractivity contribution is 5.87. The molecule has 1 aliphatic carbocycles. The van der Waals surface area contributed by atoms with E-state index in [1.807, 2.05) is 19.1 Å². The van der Waals surface area contributed by atoms with E-state index in [9.17, 15) is 9.59 Å². The number of hydrogen-bond donors (Lipinski definition) is 0. The number of methoxy groups -OCH3 is 1. The molecule has 1 saturated carbocycles. The van der Waals surface area contributed by atoms with E-state index in [4.69, 9.17) is 14.2 Å². The zero-order valence-electron chi connectivity index (χ0n) is 18.4. The van der Waals surface area contributed by atoms with Gasteiger partial charge in [-0.2, -0.15) is 0 Å². The van der Waals surface area contributed by atoms with Gasteiger partial charge in [0.25, 0.3) is 0 Å². The van der Waals surface area contributed by atoms with Crippen molar-refractivity contribution in [3.63, 3.8) is 0 Å². The molecule has 1 spiro atoms. The van der Waals surface area contributed by atoms with Gasteiger partial charge in [-0.05, 0) is 31.4 Å². The standard InChI is InChI=1S/C24H28N2O5/c1-5-15-13-26-11-10-22-16-8-6-7-9-18(16)25(3)24(22,26)19-12-17(15)23(22,20(28)29-4)21(31-19)30-14(2)27/h5-9,17,19,21H,10-13H2,1-4H3/b15-5-/t17?,19-,21+,22?,23?,24-/m0/s1. The van der Waals surface area contributed by atoms with Crippen molar-refractivity contribution in [2.24, 2.45) is 11.3 Å². The Kier molecular flexibility index (Phi) is 3.67. The van der Waals surface area contributed by atoms with E-state index >= 15 is 0 Å². The van der Waals surface area contributed by atoms with E-state index in [0.29, 0.717) is 6.42 Å². The Morgan fingerprint density at radius 1 is 1.29 bits per heavy atom. The molecule has 5 saturated heterocycles. The maximum absolute atomic E-state index is 14.0. The van der Waals surface area contributed by atoms with Gasteiger partial charge in [-0.3, -0.25) is 14.5 Å². The van der Waals surface area contributed by atoms with Gasteiger partial charge < -0.3 is 19.1 Å². The second-order valence-electron chi connectivity index (χ2n) is 9.46. The van der Waals surface area contributed by atoms with Crippen LogP contribution in [0.2, 0.25) is 0 Å². The van der Waals surface area contributed by atoms with Crippen LogP contribution in [-0.4, -0.2) is 62.1 Å². The summed E-state index contributed by atoms with van der Waals surface area (Å²) < 4.78 is 17.9. The molecule has 31 heavy (non-hydrogen) atoms. The van der Waals surface area contributed by atoms with Gasteiger partial charge in [0.05, 0.1) is 12.5 Å². The predicted molar refractivity (Wildman–Crippen MR) is 112 cm³/mol. The summed E-state index contributed by atoms with van der Waals surface area (Å²) >= 11 is 0. The van der Waals surface area contributed by atoms with E-state index in [1.54, 1.807) is 0 Å². The lowest BCUT2D eigenvalue weighted by Crippen LogP contribution is -2.83. The summed E-state index contributed by atoms with van der Waals surface area (Å²) in [6.45, 7) is 5.02. The van der Waals surface area contributed by atoms with E-state index in [2.05, 4.69) is 35.1 Å². The fourth-order valence-electron chi connectivity index (χ4n) is 8.25. The molecule has 1 aromatic rings. The zero-order valence-corrected chi connectivity index (χ0v) is 18.4. The van der Waals surface area contributed by atoms with E-state index in [0.717, 1.165) is 30.8 Å². The smallest absolute Gasteiger partial charge is 0.319 e. The molecule has 4 unspecified atom stereocenters. The number of nitrogens with zero attached hydrogens (tertiary/aromatic N) is 2. The van der Waals surface area contributed by atoms with Crippen LogP contribution in [0, 0.1) is 11.3 Å². The van der Waals surface area contributed by atoms with Gasteiger partial charge in [0.15, 0.2) is 0 Å². The summed E-state index contributed by atoms with van der Waals surface area (Å²) in [5.41, 5.74) is 1.17. The Labute approximate surface area is 181 Å². The molecule has 6 heterocycles. The monoisotopic (exact) mass is 424 g/mol. The number of carbonyl (C=O) groups is 2. The van der Waals surface area contributed by atoms with Crippen molar-refractivity contribution in [1.29, 1.82) is 0 Å². The third-order valence-corrected chi connectivity index (χ3v) is 8.91. The number of carbonyl (C=O) groups excluding carboxylic acids is 2. The maximum atomic E-state index is 14.0. The Hall–Kier alpha value is -2.38. The third-order valence-electron chi connectivity index (χ3n) is 8.91. The molecule has 7 atom stereocenters. The second kappa shape index (κ2) is 5.90. The first-order chi connectivity index (χ1) is 14.9. The lowest BCUT2D eigenvalue weighted by Gasteiger charge is -2.67. The molecule has 0 amide bonds. The van der Waals surface area contributed by atoms with Crippen LogP contribution in [0.15, 0.2) is 35.9 Å². The van der Waals surface area contributed by atoms with Crippen LogP contribution in [0.3, 0.4) is 0 Å². The fraction of sp³-hybridized carbons (Fsp3) is 0.583. The molecule has 1 aromatic carbocycles. The lowest BCUT2D eigenvalue weighted by atomic mass is 9.43. The Bertz CT molecular complexity index is 1040. The number of para-hydroxylation sites is 1. The molecule has 8 rings (SSSR count). The van der Waals surface area contributed by atoms with Crippen LogP contribution >= 0.6 is 0 Å². The number of rotatable bonds is 2. The zero-order chi connectivity index (χ0) is 21.8. The highest BCUT2D eigenvalue weighted by Gasteiger charge is 2.90. The predicted octanol–water partition coefficient (Wildman–Crippen LogP) is 2.20. The molecule has 0 N–H and O–H groups in total. The number of allylic oxidation sites excluding steroid dienone is 1. The van der Waals surface area contributed by atoms with Crippen LogP contribution in [0.1, 0.15) is 32.3 Å². The molecule has 6 aliphatic heterocycles. The fourth-order valence-corrected chi connectivity index (χ4v) is 8.25. The summed E-state index contributed by atoms with van der Waals surface area (Å²) in [6.07, 6.45) is 2.43. The number of ether oxygens (including phenoxy) is 3. The van der Waals surface area contributed by atoms with Gasteiger partial charge in [-0.25, -0.2) is 0 Å². The summed E-state index contributed by atoms with van der Waals surface area (Å²) in [6, 6.07) is 8.35. The van der Waals surface area contributed by atoms with Crippen LogP contribution in [-0.2, 0) is 29.2 Å². The first kappa shape index (κ1) is 19.3. The highest BCUT2D eigenvalue weighted by atomic mass is 16.7. The topological polar surface area (TPSA) is 68.3 Å². The van der Waals surface area contributed by atoms with Crippen molar-refractivity contribution < 1.29 is 23.8 Å². The number of benzene rings is 1. The largest absolute Gasteiger partial charge is 0.468 e. The molecule has 7 heteroatoms. The Morgan fingerprint density at radius 3 is 2.77 bits per heavy atom. The quantitative estimate of drug-likeness (QED) is 0.533. The second-order valence-corrected chi connectivity index (χ2v) is 9.46. The highest BCUT2D eigenvalue weighted by Crippen LogP contribution is 2.78. The van der Waals surface area contributed by atoms with Crippen molar-refractivity contribution >= 4 is 17.6 Å². The minimum Gasteiger partial charge on any atom is -0.468 e. The average molecular weight is 424 g/mol. The summed E-state index contributed by atoms with van der Waals surface area (Å²) in [5, 5.41) is 0. The SMILES string of the molecule is C/C=C1/CN2CCC34c5ccccc5N(C)[C@@]23[C@@H]2CC1C4(C(=O)OC)[C@H](OC(C)=O)O2. The summed E-state index contributed by atoms with van der Waals surface area (Å²) in [4.78, 5) is 31.1. The first-order valence-corrected chi connectivity index (χ1v) is 11.1. The van der Waals surface area contributed by atoms with Gasteiger partial charge in [-0.1, -0.05) is 29.8 Å². The number of hydrogen-bond acceptors (Lipinski definition) is 7. The minimum absolute atomic E-state index is 0.119. The van der Waals surface area contributed by atoms with Crippen LogP contribution in [0.5, 0.6) is 0 Å². The van der Waals surface area contributed by atoms with E-state index in [-0.39, 0.29) is 18.0 Å². The molecule has 6 fully saturated rings. The average Bonchev–Trinajstić information content (AvgIpc) is 3.17. The van der Waals surface area contributed by atoms with Crippen molar-refractivity contribution in [3.8, 4) is 0 Å². The van der Waals surface area contributed by atoms with E-state index < -0.39 is 28.8 Å².